The van der Waals surface area contributed by atoms with E-state index in [-0.39, 0.29) is 29.7 Å². The molecule has 0 aliphatic heterocycles. The fourth-order valence-corrected chi connectivity index (χ4v) is 2.40. The Morgan fingerprint density at radius 1 is 1.29 bits per heavy atom. The number of rotatable bonds is 7. The Balaban J connectivity index is 1.89. The molecule has 1 amide bonds. The Labute approximate surface area is 178 Å². The third kappa shape index (κ3) is 5.80. The summed E-state index contributed by atoms with van der Waals surface area (Å²) in [6.45, 7) is 3.23. The summed E-state index contributed by atoms with van der Waals surface area (Å²) in [4.78, 5) is 24.9. The number of aromatic nitrogens is 3. The first kappa shape index (κ1) is 21.8. The lowest BCUT2D eigenvalue weighted by atomic mass is 10.1. The average molecular weight is 423 g/mol. The van der Waals surface area contributed by atoms with E-state index in [2.05, 4.69) is 25.4 Å². The average Bonchev–Trinajstić information content (AvgIpc) is 3.26. The molecule has 0 bridgehead atoms. The molecule has 0 radical (unpaired) electrons. The molecule has 0 spiro atoms. The largest absolute Gasteiger partial charge is 0.396 e. The van der Waals surface area contributed by atoms with Gasteiger partial charge in [0.25, 0.3) is 0 Å². The second kappa shape index (κ2) is 9.26. The molecule has 1 aromatic carbocycles. The molecule has 0 unspecified atom stereocenters. The van der Waals surface area contributed by atoms with Gasteiger partial charge in [0, 0.05) is 17.8 Å². The molecular formula is C21H22FN7O2. The molecule has 160 valence electrons. The summed E-state index contributed by atoms with van der Waals surface area (Å²) in [5, 5.41) is 6.48. The van der Waals surface area contributed by atoms with Crippen molar-refractivity contribution >= 4 is 23.1 Å². The van der Waals surface area contributed by atoms with Crippen molar-refractivity contribution in [1.82, 2.24) is 15.1 Å². The molecule has 31 heavy (non-hydrogen) atoms. The number of carbonyl (C=O) groups excluding carboxylic acids is 1. The van der Waals surface area contributed by atoms with E-state index < -0.39 is 11.4 Å². The van der Waals surface area contributed by atoms with E-state index in [1.54, 1.807) is 38.1 Å². The molecule has 5 N–H and O–H groups in total. The van der Waals surface area contributed by atoms with Gasteiger partial charge in [0.15, 0.2) is 5.82 Å². The molecule has 0 saturated heterocycles. The molecule has 0 saturated carbocycles. The number of nitrogens with one attached hydrogen (secondary N) is 1. The van der Waals surface area contributed by atoms with Crippen LogP contribution < -0.4 is 16.8 Å². The number of halogens is 1. The SMILES string of the molecule is CC(C)(N)C(=O)Nc1ccnc(C(N)=CC(=NCc2ccccc2F)c2ccon2)n1. The Kier molecular flexibility index (Phi) is 6.51. The Morgan fingerprint density at radius 3 is 2.74 bits per heavy atom. The van der Waals surface area contributed by atoms with E-state index in [9.17, 15) is 9.18 Å². The van der Waals surface area contributed by atoms with Crippen LogP contribution in [0.25, 0.3) is 5.70 Å². The quantitative estimate of drug-likeness (QED) is 0.494. The highest BCUT2D eigenvalue weighted by molar-refractivity contribution is 6.10. The van der Waals surface area contributed by atoms with Gasteiger partial charge >= 0.3 is 0 Å². The van der Waals surface area contributed by atoms with Crippen molar-refractivity contribution in [2.75, 3.05) is 5.32 Å². The van der Waals surface area contributed by atoms with E-state index in [4.69, 9.17) is 16.0 Å². The number of benzene rings is 1. The Morgan fingerprint density at radius 2 is 2.06 bits per heavy atom. The van der Waals surface area contributed by atoms with Crippen molar-refractivity contribution in [3.63, 3.8) is 0 Å². The summed E-state index contributed by atoms with van der Waals surface area (Å²) in [7, 11) is 0. The molecule has 9 nitrogen and oxygen atoms in total. The molecule has 0 atom stereocenters. The van der Waals surface area contributed by atoms with E-state index in [1.807, 2.05) is 0 Å². The molecule has 3 aromatic rings. The number of allylic oxidation sites excluding steroid dienone is 1. The minimum atomic E-state index is -1.08. The number of hydrogen-bond donors (Lipinski definition) is 3. The van der Waals surface area contributed by atoms with Crippen molar-refractivity contribution < 1.29 is 13.7 Å². The van der Waals surface area contributed by atoms with Crippen LogP contribution in [0.4, 0.5) is 10.2 Å². The monoisotopic (exact) mass is 423 g/mol. The van der Waals surface area contributed by atoms with E-state index in [0.29, 0.717) is 17.0 Å². The smallest absolute Gasteiger partial charge is 0.245 e. The normalized spacial score (nSPS) is 12.6. The third-order valence-corrected chi connectivity index (χ3v) is 4.11. The maximum atomic E-state index is 13.9. The fraction of sp³-hybridized carbons (Fsp3) is 0.190. The molecule has 0 aliphatic rings. The minimum absolute atomic E-state index is 0.0706. The zero-order valence-electron chi connectivity index (χ0n) is 17.0. The summed E-state index contributed by atoms with van der Waals surface area (Å²) in [6, 6.07) is 9.45. The van der Waals surface area contributed by atoms with Gasteiger partial charge in [-0.3, -0.25) is 9.79 Å². The first-order chi connectivity index (χ1) is 14.7. The number of hydrogen-bond acceptors (Lipinski definition) is 8. The lowest BCUT2D eigenvalue weighted by Gasteiger charge is -2.17. The van der Waals surface area contributed by atoms with Crippen LogP contribution in [0.5, 0.6) is 0 Å². The predicted octanol–water partition coefficient (Wildman–Crippen LogP) is 2.27. The summed E-state index contributed by atoms with van der Waals surface area (Å²) in [5.41, 5.74) is 12.2. The maximum absolute atomic E-state index is 13.9. The number of aliphatic imine (C=N–C) groups is 1. The zero-order chi connectivity index (χ0) is 22.4. The highest BCUT2D eigenvalue weighted by atomic mass is 19.1. The molecule has 2 heterocycles. The summed E-state index contributed by atoms with van der Waals surface area (Å²) in [6.07, 6.45) is 4.35. The van der Waals surface area contributed by atoms with Crippen LogP contribution in [0.15, 0.2) is 64.4 Å². The molecule has 2 aromatic heterocycles. The van der Waals surface area contributed by atoms with Crippen LogP contribution in [0.1, 0.15) is 30.9 Å². The van der Waals surface area contributed by atoms with E-state index in [1.165, 1.54) is 30.7 Å². The van der Waals surface area contributed by atoms with E-state index >= 15 is 0 Å². The van der Waals surface area contributed by atoms with Crippen molar-refractivity contribution in [3.8, 4) is 0 Å². The fourth-order valence-electron chi connectivity index (χ4n) is 2.40. The molecular weight excluding hydrogens is 401 g/mol. The summed E-state index contributed by atoms with van der Waals surface area (Å²) >= 11 is 0. The lowest BCUT2D eigenvalue weighted by molar-refractivity contribution is -0.120. The van der Waals surface area contributed by atoms with E-state index in [0.717, 1.165) is 0 Å². The van der Waals surface area contributed by atoms with Crippen molar-refractivity contribution in [3.05, 3.63) is 77.8 Å². The summed E-state index contributed by atoms with van der Waals surface area (Å²) < 4.78 is 18.8. The predicted molar refractivity (Wildman–Crippen MR) is 114 cm³/mol. The highest BCUT2D eigenvalue weighted by Gasteiger charge is 2.22. The molecule has 0 aliphatic carbocycles. The van der Waals surface area contributed by atoms with Gasteiger partial charge in [0.2, 0.25) is 5.91 Å². The number of nitrogens with two attached hydrogens (primary N) is 2. The second-order valence-electron chi connectivity index (χ2n) is 7.22. The Hall–Kier alpha value is -3.92. The number of amides is 1. The first-order valence-electron chi connectivity index (χ1n) is 9.33. The second-order valence-corrected chi connectivity index (χ2v) is 7.22. The van der Waals surface area contributed by atoms with Gasteiger partial charge in [-0.05, 0) is 32.1 Å². The van der Waals surface area contributed by atoms with Gasteiger partial charge in [-0.25, -0.2) is 14.4 Å². The van der Waals surface area contributed by atoms with Gasteiger partial charge < -0.3 is 21.3 Å². The number of nitrogens with zero attached hydrogens (tertiary/aromatic N) is 4. The first-order valence-corrected chi connectivity index (χ1v) is 9.33. The number of anilines is 1. The molecule has 3 rings (SSSR count). The van der Waals surface area contributed by atoms with Gasteiger partial charge in [-0.15, -0.1) is 0 Å². The van der Waals surface area contributed by atoms with Crippen molar-refractivity contribution in [2.24, 2.45) is 16.5 Å². The van der Waals surface area contributed by atoms with Crippen LogP contribution in [0.3, 0.4) is 0 Å². The van der Waals surface area contributed by atoms with Crippen LogP contribution in [-0.4, -0.2) is 32.3 Å². The highest BCUT2D eigenvalue weighted by Crippen LogP contribution is 2.13. The third-order valence-electron chi connectivity index (χ3n) is 4.11. The van der Waals surface area contributed by atoms with Gasteiger partial charge in [-0.1, -0.05) is 23.4 Å². The molecule has 0 fully saturated rings. The van der Waals surface area contributed by atoms with Crippen LogP contribution in [0.2, 0.25) is 0 Å². The standard InChI is InChI=1S/C21H22FN7O2/c1-21(2,24)20(30)28-18-7-9-25-19(27-18)15(23)11-17(16-8-10-31-29-16)26-12-13-5-3-4-6-14(13)22/h3-11H,12,23-24H2,1-2H3,(H,25,27,28,30). The van der Waals surface area contributed by atoms with Crippen LogP contribution in [0, 0.1) is 5.82 Å². The topological polar surface area (TPSA) is 145 Å². The number of carbonyl (C=O) groups is 1. The van der Waals surface area contributed by atoms with Crippen LogP contribution in [-0.2, 0) is 11.3 Å². The summed E-state index contributed by atoms with van der Waals surface area (Å²) in [5.74, 6) is -0.363. The Bertz CT molecular complexity index is 1120. The lowest BCUT2D eigenvalue weighted by Crippen LogP contribution is -2.45. The van der Waals surface area contributed by atoms with Gasteiger partial charge in [-0.2, -0.15) is 0 Å². The van der Waals surface area contributed by atoms with Crippen LogP contribution >= 0.6 is 0 Å². The van der Waals surface area contributed by atoms with Crippen molar-refractivity contribution in [2.45, 2.75) is 25.9 Å². The zero-order valence-corrected chi connectivity index (χ0v) is 17.0. The van der Waals surface area contributed by atoms with Crippen molar-refractivity contribution in [1.29, 1.82) is 0 Å². The molecule has 10 heteroatoms. The van der Waals surface area contributed by atoms with Gasteiger partial charge in [0.05, 0.1) is 23.5 Å². The van der Waals surface area contributed by atoms with Gasteiger partial charge in [0.1, 0.15) is 23.6 Å². The maximum Gasteiger partial charge on any atom is 0.245 e. The minimum Gasteiger partial charge on any atom is -0.396 e.